The van der Waals surface area contributed by atoms with Crippen molar-refractivity contribution in [3.63, 3.8) is 0 Å². The first-order valence-electron chi connectivity index (χ1n) is 16.8. The first-order chi connectivity index (χ1) is 25.8. The summed E-state index contributed by atoms with van der Waals surface area (Å²) < 4.78 is 32.0. The van der Waals surface area contributed by atoms with Gasteiger partial charge in [0.15, 0.2) is 23.9 Å². The molecule has 12 atom stereocenters. The molecule has 306 valence electrons. The molecule has 55 heavy (non-hydrogen) atoms. The molecule has 2 aromatic rings. The number of aliphatic hydroxyl groups excluding tert-OH is 5. The van der Waals surface area contributed by atoms with Crippen LogP contribution in [0.5, 0.6) is 0 Å². The second kappa shape index (κ2) is 18.6. The van der Waals surface area contributed by atoms with Crippen molar-refractivity contribution in [1.82, 2.24) is 9.97 Å². The minimum atomic E-state index is -5.12. The molecule has 4 rings (SSSR count). The number of hydrogen-bond acceptors (Lipinski definition) is 18. The summed E-state index contributed by atoms with van der Waals surface area (Å²) in [5.41, 5.74) is 6.29. The number of carboxylic acid groups (broad SMARTS) is 2. The molecule has 1 fully saturated rings. The molecule has 0 spiro atoms. The number of nitrogens with zero attached hydrogens (tertiary/aromatic N) is 2. The highest BCUT2D eigenvalue weighted by Crippen LogP contribution is 2.46. The summed E-state index contributed by atoms with van der Waals surface area (Å²) in [4.78, 5) is 64.3. The molecule has 0 saturated carbocycles. The Morgan fingerprint density at radius 1 is 1.15 bits per heavy atom. The third kappa shape index (κ3) is 11.2. The van der Waals surface area contributed by atoms with Crippen molar-refractivity contribution in [1.29, 1.82) is 0 Å². The smallest absolute Gasteiger partial charge is 0.473 e. The Bertz CT molecular complexity index is 1750. The van der Waals surface area contributed by atoms with Crippen LogP contribution in [-0.2, 0) is 43.9 Å². The van der Waals surface area contributed by atoms with Gasteiger partial charge < -0.3 is 66.5 Å². The number of aromatic amines is 1. The molecule has 1 aromatic carbocycles. The average molecular weight is 805 g/mol. The fourth-order valence-corrected chi connectivity index (χ4v) is 7.05. The monoisotopic (exact) mass is 804 g/mol. The zero-order valence-corrected chi connectivity index (χ0v) is 30.3. The van der Waals surface area contributed by atoms with Gasteiger partial charge >= 0.3 is 19.8 Å². The zero-order valence-electron chi connectivity index (χ0n) is 29.4. The van der Waals surface area contributed by atoms with Gasteiger partial charge in [0.1, 0.15) is 30.5 Å². The molecule has 1 saturated heterocycles. The second-order valence-corrected chi connectivity index (χ2v) is 14.4. The highest BCUT2D eigenvalue weighted by molar-refractivity contribution is 7.47. The number of hydrogen-bond donors (Lipinski definition) is 12. The number of aromatic nitrogens is 2. The van der Waals surface area contributed by atoms with Crippen LogP contribution < -0.4 is 26.8 Å². The number of phosphoric ester groups is 1. The number of nitrogens with one attached hydrogen (secondary N) is 3. The first kappa shape index (κ1) is 43.5. The number of phosphoric acid groups is 1. The summed E-state index contributed by atoms with van der Waals surface area (Å²) in [6, 6.07) is 5.44. The van der Waals surface area contributed by atoms with E-state index >= 15 is 0 Å². The molecular formula is C31H45N6O17P. The van der Waals surface area contributed by atoms with Crippen LogP contribution in [0.4, 0.5) is 23.1 Å². The summed E-state index contributed by atoms with van der Waals surface area (Å²) in [6.07, 6.45) is -14.6. The van der Waals surface area contributed by atoms with Crippen molar-refractivity contribution < 1.29 is 78.1 Å². The van der Waals surface area contributed by atoms with Crippen LogP contribution in [-0.4, -0.2) is 149 Å². The lowest BCUT2D eigenvalue weighted by Crippen LogP contribution is -2.58. The van der Waals surface area contributed by atoms with Crippen molar-refractivity contribution in [3.8, 4) is 0 Å². The molecule has 1 amide bonds. The Morgan fingerprint density at radius 3 is 2.44 bits per heavy atom. The summed E-state index contributed by atoms with van der Waals surface area (Å²) in [5.74, 6) is -3.02. The number of amides is 1. The van der Waals surface area contributed by atoms with E-state index in [0.29, 0.717) is 17.7 Å². The number of nitrogen functional groups attached to an aromatic ring is 1. The van der Waals surface area contributed by atoms with Crippen LogP contribution in [0.1, 0.15) is 32.3 Å². The van der Waals surface area contributed by atoms with Crippen molar-refractivity contribution in [2.75, 3.05) is 34.5 Å². The van der Waals surface area contributed by atoms with Crippen molar-refractivity contribution in [2.24, 2.45) is 0 Å². The van der Waals surface area contributed by atoms with Crippen molar-refractivity contribution in [3.05, 3.63) is 40.2 Å². The minimum Gasteiger partial charge on any atom is -0.481 e. The van der Waals surface area contributed by atoms with E-state index < -0.39 is 112 Å². The van der Waals surface area contributed by atoms with Crippen LogP contribution >= 0.6 is 7.82 Å². The zero-order chi connectivity index (χ0) is 40.8. The summed E-state index contributed by atoms with van der Waals surface area (Å²) >= 11 is 0. The normalized spacial score (nSPS) is 26.1. The number of benzene rings is 1. The molecular weight excluding hydrogens is 759 g/mol. The predicted molar refractivity (Wildman–Crippen MR) is 188 cm³/mol. The topological polar surface area (TPSA) is 366 Å². The molecule has 0 bridgehead atoms. The maximum atomic E-state index is 12.6. The average Bonchev–Trinajstić information content (AvgIpc) is 3.38. The number of aliphatic hydroxyl groups is 5. The quantitative estimate of drug-likeness (QED) is 0.0487. The van der Waals surface area contributed by atoms with E-state index in [9.17, 15) is 54.2 Å². The molecule has 23 nitrogen and oxygen atoms in total. The number of nitrogens with two attached hydrogens (primary N) is 1. The van der Waals surface area contributed by atoms with Crippen molar-refractivity contribution >= 4 is 49.3 Å². The molecule has 0 radical (unpaired) electrons. The first-order valence-corrected chi connectivity index (χ1v) is 18.3. The molecule has 2 aliphatic heterocycles. The van der Waals surface area contributed by atoms with Gasteiger partial charge in [-0.05, 0) is 38.0 Å². The molecule has 3 heterocycles. The number of rotatable bonds is 20. The van der Waals surface area contributed by atoms with Gasteiger partial charge in [-0.1, -0.05) is 12.1 Å². The number of fused-ring (bicyclic) bond motifs is 1. The van der Waals surface area contributed by atoms with E-state index in [0.717, 1.165) is 0 Å². The largest absolute Gasteiger partial charge is 0.481 e. The predicted octanol–water partition coefficient (Wildman–Crippen LogP) is -2.46. The molecule has 2 aliphatic rings. The maximum Gasteiger partial charge on any atom is 0.473 e. The summed E-state index contributed by atoms with van der Waals surface area (Å²) in [5, 5.41) is 76.5. The second-order valence-electron chi connectivity index (χ2n) is 13.0. The van der Waals surface area contributed by atoms with Crippen LogP contribution in [0.25, 0.3) is 0 Å². The molecule has 24 heteroatoms. The number of anilines is 4. The fraction of sp³-hybridized carbons (Fsp3) is 0.581. The third-order valence-corrected chi connectivity index (χ3v) is 9.88. The van der Waals surface area contributed by atoms with Gasteiger partial charge in [0.2, 0.25) is 12.4 Å². The van der Waals surface area contributed by atoms with Crippen molar-refractivity contribution in [2.45, 2.75) is 100 Å². The van der Waals surface area contributed by atoms with Gasteiger partial charge in [-0.25, -0.2) is 9.36 Å². The van der Waals surface area contributed by atoms with Gasteiger partial charge in [-0.15, -0.1) is 0 Å². The molecule has 13 N–H and O–H groups in total. The number of ether oxygens (including phenoxy) is 2. The number of carbonyl (C=O) groups is 3. The number of carbonyl (C=O) groups excluding carboxylic acids is 1. The van der Waals surface area contributed by atoms with Gasteiger partial charge in [0.05, 0.1) is 25.4 Å². The lowest BCUT2D eigenvalue weighted by molar-refractivity contribution is -0.192. The SMILES string of the molecule is CC1Nc2nc(N)[nH]c(=O)c2N(C=O)C1[C@@H](C)Nc1ccc(C[C@H](O)[C@H](O)[C@H](O)CO[C@H]2O[C@H](COP(=O)(O)O[C@@H](CCC(=O)O)C(=O)O)[C@@H](O)[C@H]2O)cc1. The van der Waals surface area contributed by atoms with Crippen LogP contribution in [0.3, 0.4) is 0 Å². The van der Waals surface area contributed by atoms with E-state index in [4.69, 9.17) is 25.4 Å². The minimum absolute atomic E-state index is 0.0313. The Morgan fingerprint density at radius 2 is 1.82 bits per heavy atom. The van der Waals surface area contributed by atoms with E-state index in [1.54, 1.807) is 24.3 Å². The standard InChI is InChI=1S/C31H45N6O17P/c1-13(22-14(2)34-27-23(37(22)12-38)28(46)36-31(32)35-27)33-16-5-3-15(4-6-16)9-17(39)24(43)18(40)10-51-30-26(45)25(44)20(53-30)11-52-55(49,50)54-19(29(47)48)7-8-21(41)42/h3-6,12-14,17-20,22,24-26,30,33,39-40,43-45H,7-11H2,1-2H3,(H,41,42)(H,47,48)(H,49,50)(H4,32,34,35,36,46)/t13-,14?,17+,18-,19+,20-,22?,24+,25-,26-,30+/m1/s1. The fourth-order valence-electron chi connectivity index (χ4n) is 6.13. The van der Waals surface area contributed by atoms with Crippen LogP contribution in [0.15, 0.2) is 29.1 Å². The maximum absolute atomic E-state index is 12.6. The van der Waals surface area contributed by atoms with Gasteiger partial charge in [-0.2, -0.15) is 4.98 Å². The lowest BCUT2D eigenvalue weighted by Gasteiger charge is -2.42. The lowest BCUT2D eigenvalue weighted by atomic mass is 9.97. The summed E-state index contributed by atoms with van der Waals surface area (Å²) in [6.45, 7) is 2.02. The highest BCUT2D eigenvalue weighted by Gasteiger charge is 2.45. The Kier molecular flexibility index (Phi) is 14.7. The summed E-state index contributed by atoms with van der Waals surface area (Å²) in [7, 11) is -5.12. The number of H-pyrrole nitrogens is 1. The highest BCUT2D eigenvalue weighted by atomic mass is 31.2. The van der Waals surface area contributed by atoms with Gasteiger partial charge in [-0.3, -0.25) is 33.3 Å². The number of carboxylic acids is 2. The molecule has 3 unspecified atom stereocenters. The number of aliphatic carboxylic acids is 2. The van der Waals surface area contributed by atoms with E-state index in [1.807, 2.05) is 13.8 Å². The van der Waals surface area contributed by atoms with E-state index in [-0.39, 0.29) is 29.9 Å². The Balaban J connectivity index is 1.25. The molecule has 0 aliphatic carbocycles. The Labute approximate surface area is 312 Å². The van der Waals surface area contributed by atoms with Gasteiger partial charge in [0.25, 0.3) is 5.56 Å². The van der Waals surface area contributed by atoms with E-state index in [2.05, 4.69) is 29.6 Å². The third-order valence-electron chi connectivity index (χ3n) is 8.88. The Hall–Kier alpha value is -4.26. The van der Waals surface area contributed by atoms with E-state index in [1.165, 1.54) is 4.90 Å². The van der Waals surface area contributed by atoms with Gasteiger partial charge in [0, 0.05) is 30.6 Å². The van der Waals surface area contributed by atoms with Crippen LogP contribution in [0.2, 0.25) is 0 Å². The van der Waals surface area contributed by atoms with Crippen LogP contribution in [0, 0.1) is 0 Å². The molecule has 1 aromatic heterocycles.